The van der Waals surface area contributed by atoms with Gasteiger partial charge in [-0.15, -0.1) is 11.3 Å². The van der Waals surface area contributed by atoms with Crippen molar-refractivity contribution in [1.82, 2.24) is 0 Å². The second-order valence-corrected chi connectivity index (χ2v) is 6.45. The van der Waals surface area contributed by atoms with Gasteiger partial charge in [-0.3, -0.25) is 0 Å². The van der Waals surface area contributed by atoms with Crippen LogP contribution in [-0.4, -0.2) is 11.7 Å². The molecular weight excluding hydrogens is 264 g/mol. The Kier molecular flexibility index (Phi) is 4.81. The average molecular weight is 281 g/mol. The Labute approximate surface area is 117 Å². The standard InChI is InChI=1S/C15H17ClOS/c1-11-3-2-4-12(7-11)8-13(10-17)9-14-5-6-15(16)18-14/h2-7,13,17H,8-10H2,1H3. The third kappa shape index (κ3) is 3.84. The van der Waals surface area contributed by atoms with Crippen LogP contribution in [0.25, 0.3) is 0 Å². The van der Waals surface area contributed by atoms with Gasteiger partial charge in [-0.05, 0) is 43.4 Å². The summed E-state index contributed by atoms with van der Waals surface area (Å²) >= 11 is 7.52. The van der Waals surface area contributed by atoms with Crippen LogP contribution in [0.2, 0.25) is 4.34 Å². The number of thiophene rings is 1. The van der Waals surface area contributed by atoms with Crippen molar-refractivity contribution in [3.8, 4) is 0 Å². The summed E-state index contributed by atoms with van der Waals surface area (Å²) < 4.78 is 0.817. The van der Waals surface area contributed by atoms with Crippen molar-refractivity contribution in [2.75, 3.05) is 6.61 Å². The largest absolute Gasteiger partial charge is 0.396 e. The predicted octanol–water partition coefficient (Wildman–Crippen LogP) is 4.10. The first kappa shape index (κ1) is 13.6. The average Bonchev–Trinajstić information content (AvgIpc) is 2.74. The number of benzene rings is 1. The van der Waals surface area contributed by atoms with Crippen molar-refractivity contribution in [1.29, 1.82) is 0 Å². The predicted molar refractivity (Wildman–Crippen MR) is 78.5 cm³/mol. The smallest absolute Gasteiger partial charge is 0.0931 e. The van der Waals surface area contributed by atoms with Gasteiger partial charge in [0.05, 0.1) is 4.34 Å². The van der Waals surface area contributed by atoms with E-state index in [9.17, 15) is 5.11 Å². The summed E-state index contributed by atoms with van der Waals surface area (Å²) in [5.41, 5.74) is 2.56. The Morgan fingerprint density at radius 3 is 2.67 bits per heavy atom. The molecule has 0 fully saturated rings. The summed E-state index contributed by atoms with van der Waals surface area (Å²) in [7, 11) is 0. The van der Waals surface area contributed by atoms with Gasteiger partial charge in [-0.1, -0.05) is 41.4 Å². The molecule has 1 N–H and O–H groups in total. The fraction of sp³-hybridized carbons (Fsp3) is 0.333. The van der Waals surface area contributed by atoms with Gasteiger partial charge in [-0.25, -0.2) is 0 Å². The maximum absolute atomic E-state index is 9.50. The van der Waals surface area contributed by atoms with Crippen molar-refractivity contribution >= 4 is 22.9 Å². The molecule has 0 aliphatic carbocycles. The number of rotatable bonds is 5. The zero-order valence-electron chi connectivity index (χ0n) is 10.4. The molecule has 1 aromatic carbocycles. The monoisotopic (exact) mass is 280 g/mol. The summed E-state index contributed by atoms with van der Waals surface area (Å²) in [6.45, 7) is 2.31. The van der Waals surface area contributed by atoms with E-state index in [2.05, 4.69) is 31.2 Å². The fourth-order valence-electron chi connectivity index (χ4n) is 2.12. The molecular formula is C15H17ClOS. The van der Waals surface area contributed by atoms with E-state index in [0.717, 1.165) is 17.2 Å². The van der Waals surface area contributed by atoms with Crippen molar-refractivity contribution in [2.24, 2.45) is 5.92 Å². The van der Waals surface area contributed by atoms with Crippen molar-refractivity contribution in [3.63, 3.8) is 0 Å². The molecule has 2 rings (SSSR count). The van der Waals surface area contributed by atoms with E-state index in [1.807, 2.05) is 12.1 Å². The number of hydrogen-bond donors (Lipinski definition) is 1. The molecule has 0 saturated carbocycles. The maximum Gasteiger partial charge on any atom is 0.0931 e. The highest BCUT2D eigenvalue weighted by Crippen LogP contribution is 2.25. The van der Waals surface area contributed by atoms with Crippen LogP contribution in [0.1, 0.15) is 16.0 Å². The minimum atomic E-state index is 0.212. The Bertz CT molecular complexity index is 507. The molecule has 0 radical (unpaired) electrons. The van der Waals surface area contributed by atoms with E-state index in [1.54, 1.807) is 11.3 Å². The van der Waals surface area contributed by atoms with Crippen molar-refractivity contribution in [3.05, 3.63) is 56.7 Å². The van der Waals surface area contributed by atoms with E-state index >= 15 is 0 Å². The molecule has 3 heteroatoms. The number of halogens is 1. The molecule has 1 heterocycles. The van der Waals surface area contributed by atoms with Crippen molar-refractivity contribution in [2.45, 2.75) is 19.8 Å². The van der Waals surface area contributed by atoms with Gasteiger partial charge in [0.1, 0.15) is 0 Å². The van der Waals surface area contributed by atoms with Crippen LogP contribution in [0.15, 0.2) is 36.4 Å². The van der Waals surface area contributed by atoms with Crippen LogP contribution in [0.5, 0.6) is 0 Å². The lowest BCUT2D eigenvalue weighted by atomic mass is 9.95. The molecule has 1 nitrogen and oxygen atoms in total. The van der Waals surface area contributed by atoms with Crippen LogP contribution in [0, 0.1) is 12.8 Å². The van der Waals surface area contributed by atoms with Crippen LogP contribution in [0.4, 0.5) is 0 Å². The quantitative estimate of drug-likeness (QED) is 0.874. The molecule has 0 aliphatic rings. The third-order valence-corrected chi connectivity index (χ3v) is 4.24. The minimum absolute atomic E-state index is 0.212. The lowest BCUT2D eigenvalue weighted by Gasteiger charge is -2.13. The molecule has 0 amide bonds. The number of aliphatic hydroxyl groups excluding tert-OH is 1. The highest BCUT2D eigenvalue weighted by atomic mass is 35.5. The second kappa shape index (κ2) is 6.37. The molecule has 0 aliphatic heterocycles. The van der Waals surface area contributed by atoms with E-state index < -0.39 is 0 Å². The Balaban J connectivity index is 2.01. The highest BCUT2D eigenvalue weighted by Gasteiger charge is 2.11. The summed E-state index contributed by atoms with van der Waals surface area (Å²) in [5, 5.41) is 9.50. The lowest BCUT2D eigenvalue weighted by Crippen LogP contribution is -2.12. The zero-order chi connectivity index (χ0) is 13.0. The molecule has 18 heavy (non-hydrogen) atoms. The molecule has 1 unspecified atom stereocenters. The van der Waals surface area contributed by atoms with Crippen LogP contribution in [-0.2, 0) is 12.8 Å². The minimum Gasteiger partial charge on any atom is -0.396 e. The van der Waals surface area contributed by atoms with E-state index in [-0.39, 0.29) is 12.5 Å². The number of aliphatic hydroxyl groups is 1. The maximum atomic E-state index is 9.50. The molecule has 1 aromatic heterocycles. The summed E-state index contributed by atoms with van der Waals surface area (Å²) in [4.78, 5) is 1.24. The molecule has 96 valence electrons. The normalized spacial score (nSPS) is 12.6. The first-order chi connectivity index (χ1) is 8.67. The zero-order valence-corrected chi connectivity index (χ0v) is 12.0. The van der Waals surface area contributed by atoms with Gasteiger partial charge in [0.2, 0.25) is 0 Å². The second-order valence-electron chi connectivity index (χ2n) is 4.65. The fourth-order valence-corrected chi connectivity index (χ4v) is 3.32. The Hall–Kier alpha value is -0.830. The van der Waals surface area contributed by atoms with Crippen LogP contribution < -0.4 is 0 Å². The Morgan fingerprint density at radius 2 is 2.06 bits per heavy atom. The van der Waals surface area contributed by atoms with Gasteiger partial charge < -0.3 is 5.11 Å². The van der Waals surface area contributed by atoms with Gasteiger partial charge in [0, 0.05) is 11.5 Å². The van der Waals surface area contributed by atoms with Crippen LogP contribution >= 0.6 is 22.9 Å². The lowest BCUT2D eigenvalue weighted by molar-refractivity contribution is 0.225. The summed E-state index contributed by atoms with van der Waals surface area (Å²) in [6, 6.07) is 12.4. The first-order valence-corrected chi connectivity index (χ1v) is 7.27. The first-order valence-electron chi connectivity index (χ1n) is 6.08. The van der Waals surface area contributed by atoms with Crippen molar-refractivity contribution < 1.29 is 5.11 Å². The van der Waals surface area contributed by atoms with Gasteiger partial charge in [0.25, 0.3) is 0 Å². The Morgan fingerprint density at radius 1 is 1.22 bits per heavy atom. The topological polar surface area (TPSA) is 20.2 Å². The summed E-state index contributed by atoms with van der Waals surface area (Å²) in [5.74, 6) is 0.265. The molecule has 0 bridgehead atoms. The SMILES string of the molecule is Cc1cccc(CC(CO)Cc2ccc(Cl)s2)c1. The number of hydrogen-bond acceptors (Lipinski definition) is 2. The van der Waals surface area contributed by atoms with Crippen LogP contribution in [0.3, 0.4) is 0 Å². The molecule has 0 spiro atoms. The van der Waals surface area contributed by atoms with Gasteiger partial charge in [0.15, 0.2) is 0 Å². The van der Waals surface area contributed by atoms with E-state index in [4.69, 9.17) is 11.6 Å². The molecule has 1 atom stereocenters. The van der Waals surface area contributed by atoms with E-state index in [0.29, 0.717) is 0 Å². The number of aryl methyl sites for hydroxylation is 1. The van der Waals surface area contributed by atoms with E-state index in [1.165, 1.54) is 16.0 Å². The molecule has 0 saturated heterocycles. The molecule has 2 aromatic rings. The third-order valence-electron chi connectivity index (χ3n) is 2.98. The summed E-state index contributed by atoms with van der Waals surface area (Å²) in [6.07, 6.45) is 1.80. The van der Waals surface area contributed by atoms with Gasteiger partial charge >= 0.3 is 0 Å². The highest BCUT2D eigenvalue weighted by molar-refractivity contribution is 7.16. The van der Waals surface area contributed by atoms with Gasteiger partial charge in [-0.2, -0.15) is 0 Å².